The molecule has 2 rings (SSSR count). The fourth-order valence-corrected chi connectivity index (χ4v) is 2.85. The van der Waals surface area contributed by atoms with Gasteiger partial charge in [-0.2, -0.15) is 8.42 Å². The maximum atomic E-state index is 11.8. The standard InChI is InChI=1S/C14H21N2O4S/c1-13-3-2-4-14(11-13)15-12-20-21(17,18)10-7-16-5-8-19-9-6-16/h2-4,11,15H,1,5-10,12H2. The van der Waals surface area contributed by atoms with E-state index in [2.05, 4.69) is 17.1 Å². The molecule has 1 fully saturated rings. The van der Waals surface area contributed by atoms with Crippen LogP contribution in [0.3, 0.4) is 0 Å². The van der Waals surface area contributed by atoms with Crippen molar-refractivity contribution >= 4 is 15.8 Å². The van der Waals surface area contributed by atoms with E-state index < -0.39 is 10.1 Å². The maximum absolute atomic E-state index is 11.8. The summed E-state index contributed by atoms with van der Waals surface area (Å²) in [4.78, 5) is 2.06. The van der Waals surface area contributed by atoms with Crippen molar-refractivity contribution < 1.29 is 17.3 Å². The van der Waals surface area contributed by atoms with Gasteiger partial charge in [-0.05, 0) is 24.6 Å². The lowest BCUT2D eigenvalue weighted by Crippen LogP contribution is -2.39. The number of morpholine rings is 1. The van der Waals surface area contributed by atoms with Gasteiger partial charge in [-0.1, -0.05) is 12.1 Å². The molecule has 0 saturated carbocycles. The topological polar surface area (TPSA) is 67.9 Å². The molecule has 0 spiro atoms. The molecule has 1 heterocycles. The number of hydrogen-bond acceptors (Lipinski definition) is 6. The van der Waals surface area contributed by atoms with E-state index in [1.54, 1.807) is 0 Å². The van der Waals surface area contributed by atoms with Crippen LogP contribution in [0.5, 0.6) is 0 Å². The van der Waals surface area contributed by atoms with Gasteiger partial charge in [0.1, 0.15) is 6.73 Å². The molecule has 0 aliphatic carbocycles. The average Bonchev–Trinajstić information content (AvgIpc) is 2.46. The van der Waals surface area contributed by atoms with Gasteiger partial charge >= 0.3 is 0 Å². The first kappa shape index (κ1) is 16.2. The molecule has 0 aromatic heterocycles. The normalized spacial score (nSPS) is 16.8. The predicted octanol–water partition coefficient (Wildman–Crippen LogP) is 0.917. The van der Waals surface area contributed by atoms with E-state index in [0.29, 0.717) is 19.8 Å². The summed E-state index contributed by atoms with van der Waals surface area (Å²) in [5.74, 6) is -0.00987. The van der Waals surface area contributed by atoms with Crippen molar-refractivity contribution in [2.45, 2.75) is 0 Å². The Hall–Kier alpha value is -1.15. The lowest BCUT2D eigenvalue weighted by Gasteiger charge is -2.26. The monoisotopic (exact) mass is 313 g/mol. The molecule has 1 saturated heterocycles. The van der Waals surface area contributed by atoms with Crippen molar-refractivity contribution in [2.75, 3.05) is 50.6 Å². The molecule has 1 aliphatic heterocycles. The lowest BCUT2D eigenvalue weighted by atomic mass is 10.2. The van der Waals surface area contributed by atoms with Crippen LogP contribution >= 0.6 is 0 Å². The van der Waals surface area contributed by atoms with Gasteiger partial charge < -0.3 is 10.1 Å². The third-order valence-corrected chi connectivity index (χ3v) is 4.36. The van der Waals surface area contributed by atoms with E-state index in [9.17, 15) is 8.42 Å². The Morgan fingerprint density at radius 2 is 2.10 bits per heavy atom. The second-order valence-electron chi connectivity index (χ2n) is 4.86. The van der Waals surface area contributed by atoms with Crippen LogP contribution in [-0.4, -0.2) is 58.6 Å². The quantitative estimate of drug-likeness (QED) is 0.596. The first-order valence-electron chi connectivity index (χ1n) is 6.88. The van der Waals surface area contributed by atoms with Gasteiger partial charge in [-0.25, -0.2) is 4.18 Å². The van der Waals surface area contributed by atoms with Crippen LogP contribution in [0.15, 0.2) is 24.3 Å². The Balaban J connectivity index is 1.70. The highest BCUT2D eigenvalue weighted by molar-refractivity contribution is 7.86. The number of anilines is 1. The second-order valence-corrected chi connectivity index (χ2v) is 6.61. The minimum absolute atomic E-state index is 0.00987. The van der Waals surface area contributed by atoms with Crippen LogP contribution in [-0.2, 0) is 19.0 Å². The van der Waals surface area contributed by atoms with Gasteiger partial charge in [0, 0.05) is 25.3 Å². The van der Waals surface area contributed by atoms with E-state index in [4.69, 9.17) is 8.92 Å². The number of benzene rings is 1. The number of ether oxygens (including phenoxy) is 1. The van der Waals surface area contributed by atoms with Gasteiger partial charge in [0.15, 0.2) is 0 Å². The van der Waals surface area contributed by atoms with Crippen molar-refractivity contribution in [3.8, 4) is 0 Å². The summed E-state index contributed by atoms with van der Waals surface area (Å²) in [6.45, 7) is 7.05. The molecule has 0 unspecified atom stereocenters. The minimum atomic E-state index is -3.52. The van der Waals surface area contributed by atoms with Gasteiger partial charge in [0.2, 0.25) is 0 Å². The summed E-state index contributed by atoms with van der Waals surface area (Å²) in [7, 11) is -3.52. The average molecular weight is 313 g/mol. The molecule has 117 valence electrons. The van der Waals surface area contributed by atoms with Crippen molar-refractivity contribution in [2.24, 2.45) is 0 Å². The Morgan fingerprint density at radius 3 is 2.81 bits per heavy atom. The van der Waals surface area contributed by atoms with Crippen LogP contribution in [0.2, 0.25) is 0 Å². The fourth-order valence-electron chi connectivity index (χ4n) is 2.01. The zero-order valence-corrected chi connectivity index (χ0v) is 12.8. The predicted molar refractivity (Wildman–Crippen MR) is 81.5 cm³/mol. The Bertz CT molecular complexity index is 542. The van der Waals surface area contributed by atoms with Crippen LogP contribution in [0.1, 0.15) is 5.56 Å². The van der Waals surface area contributed by atoms with E-state index in [1.165, 1.54) is 0 Å². The molecule has 6 nitrogen and oxygen atoms in total. The highest BCUT2D eigenvalue weighted by Gasteiger charge is 2.16. The summed E-state index contributed by atoms with van der Waals surface area (Å²) in [6.07, 6.45) is 0. The molecule has 7 heteroatoms. The lowest BCUT2D eigenvalue weighted by molar-refractivity contribution is 0.0405. The molecule has 0 amide bonds. The summed E-state index contributed by atoms with van der Waals surface area (Å²) in [5.41, 5.74) is 1.64. The molecule has 1 aromatic rings. The van der Waals surface area contributed by atoms with E-state index >= 15 is 0 Å². The molecule has 1 aliphatic rings. The summed E-state index contributed by atoms with van der Waals surface area (Å²) in [5, 5.41) is 2.90. The molecule has 21 heavy (non-hydrogen) atoms. The van der Waals surface area contributed by atoms with Crippen molar-refractivity contribution in [3.63, 3.8) is 0 Å². The molecule has 1 radical (unpaired) electrons. The van der Waals surface area contributed by atoms with Crippen molar-refractivity contribution in [3.05, 3.63) is 36.8 Å². The zero-order valence-electron chi connectivity index (χ0n) is 12.0. The molecular weight excluding hydrogens is 292 g/mol. The van der Waals surface area contributed by atoms with Crippen molar-refractivity contribution in [1.29, 1.82) is 0 Å². The number of nitrogens with one attached hydrogen (secondary N) is 1. The molecule has 1 aromatic carbocycles. The maximum Gasteiger partial charge on any atom is 0.270 e. The van der Waals surface area contributed by atoms with Gasteiger partial charge in [-0.15, -0.1) is 0 Å². The zero-order chi connectivity index (χ0) is 15.1. The van der Waals surface area contributed by atoms with Gasteiger partial charge in [0.05, 0.1) is 19.0 Å². The first-order chi connectivity index (χ1) is 10.1. The fraction of sp³-hybridized carbons (Fsp3) is 0.500. The van der Waals surface area contributed by atoms with Crippen molar-refractivity contribution in [1.82, 2.24) is 4.90 Å². The highest BCUT2D eigenvalue weighted by Crippen LogP contribution is 2.09. The third kappa shape index (κ3) is 6.01. The number of rotatable bonds is 7. The Morgan fingerprint density at radius 1 is 1.33 bits per heavy atom. The highest BCUT2D eigenvalue weighted by atomic mass is 32.2. The molecular formula is C14H21N2O4S. The Kier molecular flexibility index (Phi) is 5.98. The molecule has 0 atom stereocenters. The Labute approximate surface area is 126 Å². The first-order valence-corrected chi connectivity index (χ1v) is 8.46. The summed E-state index contributed by atoms with van der Waals surface area (Å²) < 4.78 is 33.8. The van der Waals surface area contributed by atoms with Crippen LogP contribution in [0.4, 0.5) is 5.69 Å². The number of nitrogens with zero attached hydrogens (tertiary/aromatic N) is 1. The molecule has 1 N–H and O–H groups in total. The van der Waals surface area contributed by atoms with Gasteiger partial charge in [-0.3, -0.25) is 4.90 Å². The smallest absolute Gasteiger partial charge is 0.270 e. The number of hydrogen-bond donors (Lipinski definition) is 1. The molecule has 0 bridgehead atoms. The van der Waals surface area contributed by atoms with Gasteiger partial charge in [0.25, 0.3) is 10.1 Å². The van der Waals surface area contributed by atoms with E-state index in [1.807, 2.05) is 24.3 Å². The van der Waals surface area contributed by atoms with Crippen LogP contribution in [0, 0.1) is 6.92 Å². The summed E-state index contributed by atoms with van der Waals surface area (Å²) in [6, 6.07) is 7.37. The minimum Gasteiger partial charge on any atom is -0.379 e. The third-order valence-electron chi connectivity index (χ3n) is 3.20. The van der Waals surface area contributed by atoms with E-state index in [0.717, 1.165) is 24.3 Å². The SMILES string of the molecule is [CH2]c1cccc(NCOS(=O)(=O)CCN2CCOCC2)c1. The largest absolute Gasteiger partial charge is 0.379 e. The second kappa shape index (κ2) is 7.74. The summed E-state index contributed by atoms with van der Waals surface area (Å²) >= 11 is 0. The van der Waals surface area contributed by atoms with E-state index in [-0.39, 0.29) is 12.5 Å². The van der Waals surface area contributed by atoms with Crippen LogP contribution < -0.4 is 5.32 Å². The van der Waals surface area contributed by atoms with Crippen LogP contribution in [0.25, 0.3) is 0 Å².